The van der Waals surface area contributed by atoms with Gasteiger partial charge in [-0.05, 0) is 24.3 Å². The van der Waals surface area contributed by atoms with Gasteiger partial charge < -0.3 is 4.74 Å². The second kappa shape index (κ2) is 5.94. The lowest BCUT2D eigenvalue weighted by Crippen LogP contribution is -1.94. The van der Waals surface area contributed by atoms with Crippen LogP contribution in [0.1, 0.15) is 0 Å². The molecule has 0 aliphatic rings. The zero-order valence-electron chi connectivity index (χ0n) is 11.5. The normalized spacial score (nSPS) is 10.4. The summed E-state index contributed by atoms with van der Waals surface area (Å²) in [6.07, 6.45) is 3.51. The summed E-state index contributed by atoms with van der Waals surface area (Å²) in [6, 6.07) is 15.4. The van der Waals surface area contributed by atoms with Crippen molar-refractivity contribution in [3.05, 3.63) is 65.9 Å². The quantitative estimate of drug-likeness (QED) is 0.715. The van der Waals surface area contributed by atoms with Crippen molar-refractivity contribution in [1.29, 1.82) is 0 Å². The molecule has 0 aliphatic carbocycles. The molecule has 0 unspecified atom stereocenters. The number of hydrogen-bond acceptors (Lipinski definition) is 3. The number of aromatic nitrogens is 2. The lowest BCUT2D eigenvalue weighted by molar-refractivity contribution is 0.400. The monoisotopic (exact) mass is 296 g/mol. The molecule has 0 radical (unpaired) electrons. The van der Waals surface area contributed by atoms with E-state index >= 15 is 0 Å². The van der Waals surface area contributed by atoms with Crippen LogP contribution in [0.3, 0.4) is 0 Å². The Morgan fingerprint density at radius 2 is 1.76 bits per heavy atom. The van der Waals surface area contributed by atoms with Crippen molar-refractivity contribution < 1.29 is 4.74 Å². The van der Waals surface area contributed by atoms with E-state index in [2.05, 4.69) is 9.97 Å². The molecule has 0 amide bonds. The summed E-state index contributed by atoms with van der Waals surface area (Å²) in [5, 5.41) is 0.663. The van der Waals surface area contributed by atoms with Crippen LogP contribution >= 0.6 is 11.6 Å². The third kappa shape index (κ3) is 2.73. The average Bonchev–Trinajstić information content (AvgIpc) is 2.55. The highest BCUT2D eigenvalue weighted by atomic mass is 35.5. The SMILES string of the molecule is COc1ncc(-c2ccccn2)cc1-c1ccccc1Cl. The molecule has 0 saturated carbocycles. The zero-order valence-corrected chi connectivity index (χ0v) is 12.2. The van der Waals surface area contributed by atoms with E-state index in [4.69, 9.17) is 16.3 Å². The van der Waals surface area contributed by atoms with Crippen molar-refractivity contribution in [3.63, 3.8) is 0 Å². The van der Waals surface area contributed by atoms with Crippen molar-refractivity contribution in [3.8, 4) is 28.3 Å². The molecular formula is C17H13ClN2O. The van der Waals surface area contributed by atoms with Crippen molar-refractivity contribution in [2.24, 2.45) is 0 Å². The first kappa shape index (κ1) is 13.6. The highest BCUT2D eigenvalue weighted by molar-refractivity contribution is 6.33. The highest BCUT2D eigenvalue weighted by Gasteiger charge is 2.12. The van der Waals surface area contributed by atoms with Crippen molar-refractivity contribution >= 4 is 11.6 Å². The van der Waals surface area contributed by atoms with Gasteiger partial charge in [0.25, 0.3) is 0 Å². The molecule has 0 atom stereocenters. The van der Waals surface area contributed by atoms with E-state index in [1.54, 1.807) is 19.5 Å². The molecule has 0 bridgehead atoms. The minimum absolute atomic E-state index is 0.544. The van der Waals surface area contributed by atoms with Gasteiger partial charge in [0.2, 0.25) is 5.88 Å². The molecule has 0 saturated heterocycles. The molecule has 0 spiro atoms. The lowest BCUT2D eigenvalue weighted by Gasteiger charge is -2.11. The second-order valence-corrected chi connectivity index (χ2v) is 4.88. The fraction of sp³-hybridized carbons (Fsp3) is 0.0588. The van der Waals surface area contributed by atoms with Gasteiger partial charge in [0.1, 0.15) is 0 Å². The van der Waals surface area contributed by atoms with E-state index in [0.717, 1.165) is 22.4 Å². The van der Waals surface area contributed by atoms with Crippen LogP contribution < -0.4 is 4.74 Å². The third-order valence-electron chi connectivity index (χ3n) is 3.17. The van der Waals surface area contributed by atoms with Crippen LogP contribution in [-0.4, -0.2) is 17.1 Å². The Labute approximate surface area is 128 Å². The van der Waals surface area contributed by atoms with Crippen LogP contribution in [0.4, 0.5) is 0 Å². The number of benzene rings is 1. The van der Waals surface area contributed by atoms with Crippen LogP contribution in [0.25, 0.3) is 22.4 Å². The Hall–Kier alpha value is -2.39. The molecule has 3 rings (SSSR count). The standard InChI is InChI=1S/C17H13ClN2O/c1-21-17-14(13-6-2-3-7-15(13)18)10-12(11-20-17)16-8-4-5-9-19-16/h2-11H,1H3. The van der Waals surface area contributed by atoms with Crippen LogP contribution in [0.2, 0.25) is 5.02 Å². The van der Waals surface area contributed by atoms with E-state index < -0.39 is 0 Å². The largest absolute Gasteiger partial charge is 0.481 e. The predicted octanol–water partition coefficient (Wildman–Crippen LogP) is 4.47. The highest BCUT2D eigenvalue weighted by Crippen LogP contribution is 2.35. The summed E-state index contributed by atoms with van der Waals surface area (Å²) in [5.74, 6) is 0.544. The first-order valence-electron chi connectivity index (χ1n) is 6.50. The summed E-state index contributed by atoms with van der Waals surface area (Å²) in [5.41, 5.74) is 3.53. The van der Waals surface area contributed by atoms with E-state index in [1.807, 2.05) is 48.5 Å². The molecule has 0 N–H and O–H groups in total. The van der Waals surface area contributed by atoms with Crippen molar-refractivity contribution in [2.75, 3.05) is 7.11 Å². The summed E-state index contributed by atoms with van der Waals surface area (Å²) >= 11 is 6.29. The molecule has 2 aromatic heterocycles. The van der Waals surface area contributed by atoms with E-state index in [-0.39, 0.29) is 0 Å². The van der Waals surface area contributed by atoms with E-state index in [9.17, 15) is 0 Å². The summed E-state index contributed by atoms with van der Waals surface area (Å²) < 4.78 is 5.36. The minimum atomic E-state index is 0.544. The van der Waals surface area contributed by atoms with E-state index in [0.29, 0.717) is 10.9 Å². The molecule has 1 aromatic carbocycles. The fourth-order valence-electron chi connectivity index (χ4n) is 2.16. The Bertz CT molecular complexity index is 760. The maximum absolute atomic E-state index is 6.29. The molecule has 0 fully saturated rings. The van der Waals surface area contributed by atoms with Gasteiger partial charge in [0.15, 0.2) is 0 Å². The number of ether oxygens (including phenoxy) is 1. The Morgan fingerprint density at radius 1 is 0.952 bits per heavy atom. The third-order valence-corrected chi connectivity index (χ3v) is 3.50. The summed E-state index contributed by atoms with van der Waals surface area (Å²) in [7, 11) is 1.60. The smallest absolute Gasteiger partial charge is 0.221 e. The number of rotatable bonds is 3. The predicted molar refractivity (Wildman–Crippen MR) is 84.5 cm³/mol. The van der Waals surface area contributed by atoms with Crippen LogP contribution in [0, 0.1) is 0 Å². The molecule has 4 heteroatoms. The summed E-state index contributed by atoms with van der Waals surface area (Å²) in [6.45, 7) is 0. The Morgan fingerprint density at radius 3 is 2.48 bits per heavy atom. The Balaban J connectivity index is 2.17. The van der Waals surface area contributed by atoms with Gasteiger partial charge in [0.05, 0.1) is 12.8 Å². The molecule has 2 heterocycles. The van der Waals surface area contributed by atoms with Gasteiger partial charge >= 0.3 is 0 Å². The number of pyridine rings is 2. The molecule has 21 heavy (non-hydrogen) atoms. The first-order chi connectivity index (χ1) is 10.3. The van der Waals surface area contributed by atoms with Gasteiger partial charge in [-0.15, -0.1) is 0 Å². The summed E-state index contributed by atoms with van der Waals surface area (Å²) in [4.78, 5) is 8.72. The average molecular weight is 297 g/mol. The van der Waals surface area contributed by atoms with Crippen LogP contribution in [0.5, 0.6) is 5.88 Å². The molecule has 104 valence electrons. The maximum Gasteiger partial charge on any atom is 0.221 e. The van der Waals surface area contributed by atoms with Gasteiger partial charge in [-0.25, -0.2) is 4.98 Å². The van der Waals surface area contributed by atoms with Crippen molar-refractivity contribution in [2.45, 2.75) is 0 Å². The van der Waals surface area contributed by atoms with Crippen LogP contribution in [-0.2, 0) is 0 Å². The van der Waals surface area contributed by atoms with E-state index in [1.165, 1.54) is 0 Å². The lowest BCUT2D eigenvalue weighted by atomic mass is 10.0. The van der Waals surface area contributed by atoms with Gasteiger partial charge in [-0.1, -0.05) is 35.9 Å². The molecule has 3 aromatic rings. The molecule has 3 nitrogen and oxygen atoms in total. The Kier molecular flexibility index (Phi) is 3.84. The fourth-order valence-corrected chi connectivity index (χ4v) is 2.40. The second-order valence-electron chi connectivity index (χ2n) is 4.48. The zero-order chi connectivity index (χ0) is 14.7. The number of hydrogen-bond donors (Lipinski definition) is 0. The number of halogens is 1. The van der Waals surface area contributed by atoms with Gasteiger partial charge in [-0.2, -0.15) is 0 Å². The number of methoxy groups -OCH3 is 1. The first-order valence-corrected chi connectivity index (χ1v) is 6.87. The molecule has 0 aliphatic heterocycles. The van der Waals surface area contributed by atoms with Gasteiger partial charge in [-0.3, -0.25) is 4.98 Å². The van der Waals surface area contributed by atoms with Crippen molar-refractivity contribution in [1.82, 2.24) is 9.97 Å². The van der Waals surface area contributed by atoms with Gasteiger partial charge in [0, 0.05) is 34.1 Å². The topological polar surface area (TPSA) is 35.0 Å². The minimum Gasteiger partial charge on any atom is -0.481 e. The number of nitrogens with zero attached hydrogens (tertiary/aromatic N) is 2. The van der Waals surface area contributed by atoms with Crippen LogP contribution in [0.15, 0.2) is 60.9 Å². The maximum atomic E-state index is 6.29. The molecular weight excluding hydrogens is 284 g/mol.